The van der Waals surface area contributed by atoms with Gasteiger partial charge in [0, 0.05) is 18.8 Å². The van der Waals surface area contributed by atoms with Crippen molar-refractivity contribution in [1.29, 1.82) is 0 Å². The second-order valence-corrected chi connectivity index (χ2v) is 5.54. The third-order valence-electron chi connectivity index (χ3n) is 2.33. The second kappa shape index (κ2) is 8.44. The van der Waals surface area contributed by atoms with Crippen molar-refractivity contribution >= 4 is 10.1 Å². The van der Waals surface area contributed by atoms with Gasteiger partial charge < -0.3 is 4.55 Å². The summed E-state index contributed by atoms with van der Waals surface area (Å²) < 4.78 is 27.2. The molecule has 0 aromatic rings. The first kappa shape index (κ1) is 16.4. The molecular weight excluding hydrogens is 238 g/mol. The van der Waals surface area contributed by atoms with E-state index >= 15 is 0 Å². The minimum atomic E-state index is -3.92. The summed E-state index contributed by atoms with van der Waals surface area (Å²) in [7, 11) is -3.92. The van der Waals surface area contributed by atoms with Gasteiger partial charge in [0.05, 0.1) is 22.9 Å². The molecule has 0 bridgehead atoms. The lowest BCUT2D eigenvalue weighted by Gasteiger charge is -2.12. The molecule has 0 radical (unpaired) electrons. The largest absolute Gasteiger partial charge is 0.748 e. The zero-order valence-corrected chi connectivity index (χ0v) is 11.7. The summed E-state index contributed by atoms with van der Waals surface area (Å²) in [6.45, 7) is 5.78. The van der Waals surface area contributed by atoms with E-state index < -0.39 is 10.1 Å². The third kappa shape index (κ3) is 10.2. The number of allylic oxidation sites excluding steroid dienone is 3. The number of nitrogens with one attached hydrogen (secondary N) is 1. The Morgan fingerprint density at radius 1 is 1.29 bits per heavy atom. The van der Waals surface area contributed by atoms with E-state index in [1.165, 1.54) is 32.2 Å². The quantitative estimate of drug-likeness (QED) is 0.752. The molecule has 1 heterocycles. The molecule has 17 heavy (non-hydrogen) atoms. The molecule has 0 aromatic carbocycles. The number of quaternary nitrogens is 1. The van der Waals surface area contributed by atoms with Crippen molar-refractivity contribution in [2.45, 2.75) is 39.5 Å². The monoisotopic (exact) mass is 261 g/mol. The standard InChI is InChI=1S/C11H19N.CH4O3S/c1-3-5-9-12-10-6-8-11(12)7-4-2;1-5(2,3)4/h6,8,10H,3-5,7,9H2,1-2H3;1H3,(H,2,3,4). The minimum absolute atomic E-state index is 0.604. The second-order valence-electron chi connectivity index (χ2n) is 4.13. The summed E-state index contributed by atoms with van der Waals surface area (Å²) >= 11 is 0. The fourth-order valence-corrected chi connectivity index (χ4v) is 1.62. The smallest absolute Gasteiger partial charge is 0.112 e. The van der Waals surface area contributed by atoms with E-state index in [1.54, 1.807) is 10.6 Å². The number of hydrogen-bond acceptors (Lipinski definition) is 3. The van der Waals surface area contributed by atoms with E-state index in [0.29, 0.717) is 6.26 Å². The predicted molar refractivity (Wildman–Crippen MR) is 68.5 cm³/mol. The first-order valence-electron chi connectivity index (χ1n) is 6.02. The average Bonchev–Trinajstić information content (AvgIpc) is 2.60. The fourth-order valence-electron chi connectivity index (χ4n) is 1.62. The predicted octanol–water partition coefficient (Wildman–Crippen LogP) is 1.04. The maximum Gasteiger partial charge on any atom is 0.112 e. The van der Waals surface area contributed by atoms with E-state index in [-0.39, 0.29) is 0 Å². The van der Waals surface area contributed by atoms with Gasteiger partial charge in [-0.1, -0.05) is 20.3 Å². The van der Waals surface area contributed by atoms with Crippen molar-refractivity contribution in [3.63, 3.8) is 0 Å². The minimum Gasteiger partial charge on any atom is -0.748 e. The van der Waals surface area contributed by atoms with Gasteiger partial charge in [-0.3, -0.25) is 4.90 Å². The van der Waals surface area contributed by atoms with Gasteiger partial charge in [0.2, 0.25) is 0 Å². The highest BCUT2D eigenvalue weighted by atomic mass is 32.2. The molecule has 100 valence electrons. The zero-order chi connectivity index (χ0) is 13.3. The van der Waals surface area contributed by atoms with E-state index in [1.807, 2.05) is 0 Å². The highest BCUT2D eigenvalue weighted by Gasteiger charge is 2.14. The van der Waals surface area contributed by atoms with Crippen LogP contribution in [0.2, 0.25) is 0 Å². The molecule has 0 fully saturated rings. The number of unbranched alkanes of at least 4 members (excludes halogenated alkanes) is 1. The van der Waals surface area contributed by atoms with Crippen molar-refractivity contribution in [3.8, 4) is 0 Å². The molecule has 0 amide bonds. The average molecular weight is 261 g/mol. The van der Waals surface area contributed by atoms with Crippen LogP contribution < -0.4 is 4.90 Å². The molecule has 4 nitrogen and oxygen atoms in total. The Balaban J connectivity index is 0.000000437. The highest BCUT2D eigenvalue weighted by Crippen LogP contribution is 2.01. The van der Waals surface area contributed by atoms with Crippen LogP contribution >= 0.6 is 0 Å². The zero-order valence-electron chi connectivity index (χ0n) is 10.9. The van der Waals surface area contributed by atoms with Crippen LogP contribution in [-0.2, 0) is 10.1 Å². The van der Waals surface area contributed by atoms with Gasteiger partial charge in [0.15, 0.2) is 0 Å². The van der Waals surface area contributed by atoms with Gasteiger partial charge in [0.1, 0.15) is 5.70 Å². The first-order valence-corrected chi connectivity index (χ1v) is 7.84. The molecule has 1 unspecified atom stereocenters. The summed E-state index contributed by atoms with van der Waals surface area (Å²) in [5.41, 5.74) is 1.57. The van der Waals surface area contributed by atoms with Crippen LogP contribution in [0, 0.1) is 0 Å². The fraction of sp³-hybridized carbons (Fsp3) is 0.667. The van der Waals surface area contributed by atoms with Crippen molar-refractivity contribution in [2.24, 2.45) is 0 Å². The Hall–Kier alpha value is -0.650. The molecule has 1 aliphatic rings. The van der Waals surface area contributed by atoms with Gasteiger partial charge in [-0.15, -0.1) is 0 Å². The Morgan fingerprint density at radius 2 is 1.88 bits per heavy atom. The van der Waals surface area contributed by atoms with Crippen LogP contribution in [0.15, 0.2) is 24.0 Å². The summed E-state index contributed by atoms with van der Waals surface area (Å²) in [6, 6.07) is 0. The summed E-state index contributed by atoms with van der Waals surface area (Å²) in [6.07, 6.45) is 12.5. The molecule has 0 aliphatic carbocycles. The lowest BCUT2D eigenvalue weighted by Crippen LogP contribution is -3.04. The number of rotatable bonds is 5. The summed E-state index contributed by atoms with van der Waals surface area (Å²) in [4.78, 5) is 1.58. The van der Waals surface area contributed by atoms with Crippen LogP contribution in [-0.4, -0.2) is 25.8 Å². The number of hydrogen-bond donors (Lipinski definition) is 1. The maximum atomic E-state index is 9.08. The van der Waals surface area contributed by atoms with E-state index in [2.05, 4.69) is 32.2 Å². The lowest BCUT2D eigenvalue weighted by atomic mass is 10.2. The van der Waals surface area contributed by atoms with E-state index in [0.717, 1.165) is 0 Å². The summed E-state index contributed by atoms with van der Waals surface area (Å²) in [5.74, 6) is 0. The summed E-state index contributed by atoms with van der Waals surface area (Å²) in [5, 5.41) is 0. The van der Waals surface area contributed by atoms with Crippen molar-refractivity contribution in [1.82, 2.24) is 0 Å². The lowest BCUT2D eigenvalue weighted by molar-refractivity contribution is -0.804. The molecule has 0 aromatic heterocycles. The molecule has 0 saturated carbocycles. The molecule has 0 saturated heterocycles. The topological polar surface area (TPSA) is 61.6 Å². The molecule has 1 aliphatic heterocycles. The molecule has 0 spiro atoms. The normalized spacial score (nSPS) is 18.6. The van der Waals surface area contributed by atoms with Crippen LogP contribution in [0.4, 0.5) is 0 Å². The van der Waals surface area contributed by atoms with Gasteiger partial charge >= 0.3 is 0 Å². The van der Waals surface area contributed by atoms with Gasteiger partial charge in [-0.25, -0.2) is 8.42 Å². The highest BCUT2D eigenvalue weighted by molar-refractivity contribution is 7.84. The van der Waals surface area contributed by atoms with E-state index in [9.17, 15) is 0 Å². The Bertz CT molecular complexity index is 350. The van der Waals surface area contributed by atoms with E-state index in [4.69, 9.17) is 13.0 Å². The Morgan fingerprint density at radius 3 is 2.35 bits per heavy atom. The molecule has 5 heteroatoms. The van der Waals surface area contributed by atoms with Gasteiger partial charge in [-0.05, 0) is 18.9 Å². The van der Waals surface area contributed by atoms with Crippen LogP contribution in [0.1, 0.15) is 39.5 Å². The Kier molecular flexibility index (Phi) is 8.12. The van der Waals surface area contributed by atoms with Gasteiger partial charge in [-0.2, -0.15) is 0 Å². The maximum absolute atomic E-state index is 9.08. The Labute approximate surface area is 105 Å². The van der Waals surface area contributed by atoms with Crippen LogP contribution in [0.3, 0.4) is 0 Å². The third-order valence-corrected chi connectivity index (χ3v) is 2.33. The van der Waals surface area contributed by atoms with Crippen LogP contribution in [0.25, 0.3) is 0 Å². The molecular formula is C12H23NO3S. The molecule has 1 N–H and O–H groups in total. The SMILES string of the molecule is CCCC[NH+]1C=CC=C1CCC.CS(=O)(=O)[O-]. The first-order chi connectivity index (χ1) is 7.88. The van der Waals surface area contributed by atoms with Crippen molar-refractivity contribution < 1.29 is 17.9 Å². The van der Waals surface area contributed by atoms with Crippen LogP contribution in [0.5, 0.6) is 0 Å². The molecule has 1 atom stereocenters. The van der Waals surface area contributed by atoms with Gasteiger partial charge in [0.25, 0.3) is 0 Å². The van der Waals surface area contributed by atoms with Crippen molar-refractivity contribution in [2.75, 3.05) is 12.8 Å². The molecule has 1 rings (SSSR count). The van der Waals surface area contributed by atoms with Crippen molar-refractivity contribution in [3.05, 3.63) is 24.0 Å².